The number of hydrogen-bond donors (Lipinski definition) is 0. The van der Waals surface area contributed by atoms with Crippen LogP contribution in [0.3, 0.4) is 0 Å². The number of rotatable bonds is 8. The molecule has 1 aliphatic heterocycles. The van der Waals surface area contributed by atoms with Gasteiger partial charge in [0.05, 0.1) is 19.6 Å². The Bertz CT molecular complexity index is 989. The van der Waals surface area contributed by atoms with Crippen molar-refractivity contribution in [1.82, 2.24) is 4.90 Å². The highest BCUT2D eigenvalue weighted by Crippen LogP contribution is 2.37. The molecule has 1 aliphatic rings. The third kappa shape index (κ3) is 4.33. The van der Waals surface area contributed by atoms with Gasteiger partial charge in [0, 0.05) is 11.3 Å². The molecule has 2 atom stereocenters. The first-order chi connectivity index (χ1) is 14.8. The molecule has 0 N–H and O–H groups in total. The van der Waals surface area contributed by atoms with Crippen molar-refractivity contribution in [1.29, 1.82) is 0 Å². The molecular formula is C23H24N2O6. The molecule has 162 valence electrons. The molecule has 0 saturated carbocycles. The lowest BCUT2D eigenvalue weighted by atomic mass is 9.78. The van der Waals surface area contributed by atoms with Crippen molar-refractivity contribution < 1.29 is 24.0 Å². The van der Waals surface area contributed by atoms with Crippen LogP contribution < -0.4 is 0 Å². The summed E-state index contributed by atoms with van der Waals surface area (Å²) in [6.07, 6.45) is -0.765. The van der Waals surface area contributed by atoms with E-state index in [4.69, 9.17) is 4.74 Å². The van der Waals surface area contributed by atoms with E-state index in [0.29, 0.717) is 11.1 Å². The van der Waals surface area contributed by atoms with Gasteiger partial charge in [0.25, 0.3) is 0 Å². The van der Waals surface area contributed by atoms with E-state index in [0.717, 1.165) is 10.5 Å². The maximum Gasteiger partial charge on any atom is 0.386 e. The van der Waals surface area contributed by atoms with Crippen LogP contribution in [-0.2, 0) is 32.1 Å². The molecule has 0 aromatic heterocycles. The first-order valence-electron chi connectivity index (χ1n) is 10.0. The summed E-state index contributed by atoms with van der Waals surface area (Å²) in [5, 5.41) is 12.3. The number of imide groups is 1. The van der Waals surface area contributed by atoms with E-state index in [1.54, 1.807) is 54.6 Å². The average molecular weight is 424 g/mol. The van der Waals surface area contributed by atoms with Crippen LogP contribution in [0.1, 0.15) is 30.0 Å². The molecule has 0 aliphatic carbocycles. The lowest BCUT2D eigenvalue weighted by Crippen LogP contribution is -2.57. The molecule has 8 nitrogen and oxygen atoms in total. The lowest BCUT2D eigenvalue weighted by Gasteiger charge is -2.27. The van der Waals surface area contributed by atoms with Gasteiger partial charge in [-0.3, -0.25) is 24.6 Å². The molecular weight excluding hydrogens is 400 g/mol. The molecule has 2 aromatic rings. The van der Waals surface area contributed by atoms with Crippen LogP contribution in [0.4, 0.5) is 0 Å². The summed E-state index contributed by atoms with van der Waals surface area (Å²) in [5.74, 6) is -3.82. The number of ether oxygens (including phenoxy) is 1. The highest BCUT2D eigenvalue weighted by atomic mass is 16.6. The number of benzene rings is 2. The SMILES string of the molecule is CCOC(=O)[C@](Cc1ccc(C)cc1)([C@@H]1CC(=O)N(Cc2ccccc2)C1=O)[N+](=O)[O-]. The summed E-state index contributed by atoms with van der Waals surface area (Å²) in [5.41, 5.74) is -0.209. The minimum atomic E-state index is -2.39. The third-order valence-corrected chi connectivity index (χ3v) is 5.55. The number of likely N-dealkylation sites (tertiary alicyclic amines) is 1. The Balaban J connectivity index is 2.00. The van der Waals surface area contributed by atoms with Crippen LogP contribution in [0.15, 0.2) is 54.6 Å². The summed E-state index contributed by atoms with van der Waals surface area (Å²) in [4.78, 5) is 51.4. The van der Waals surface area contributed by atoms with Gasteiger partial charge in [-0.05, 0) is 25.0 Å². The van der Waals surface area contributed by atoms with Crippen LogP contribution in [-0.4, -0.2) is 39.8 Å². The van der Waals surface area contributed by atoms with Crippen molar-refractivity contribution in [3.63, 3.8) is 0 Å². The Morgan fingerprint density at radius 1 is 1.13 bits per heavy atom. The van der Waals surface area contributed by atoms with Gasteiger partial charge < -0.3 is 4.74 Å². The van der Waals surface area contributed by atoms with Crippen molar-refractivity contribution in [2.45, 2.75) is 38.8 Å². The topological polar surface area (TPSA) is 107 Å². The van der Waals surface area contributed by atoms with Gasteiger partial charge in [0.2, 0.25) is 11.8 Å². The van der Waals surface area contributed by atoms with Crippen LogP contribution >= 0.6 is 0 Å². The molecule has 0 radical (unpaired) electrons. The summed E-state index contributed by atoms with van der Waals surface area (Å²) in [7, 11) is 0. The zero-order valence-corrected chi connectivity index (χ0v) is 17.4. The summed E-state index contributed by atoms with van der Waals surface area (Å²) in [6, 6.07) is 15.8. The molecule has 3 rings (SSSR count). The predicted octanol–water partition coefficient (Wildman–Crippen LogP) is 2.69. The second-order valence-corrected chi connectivity index (χ2v) is 7.62. The molecule has 2 amide bonds. The van der Waals surface area contributed by atoms with E-state index < -0.39 is 40.6 Å². The van der Waals surface area contributed by atoms with E-state index in [1.165, 1.54) is 6.92 Å². The zero-order valence-electron chi connectivity index (χ0n) is 17.4. The van der Waals surface area contributed by atoms with Gasteiger partial charge >= 0.3 is 11.5 Å². The van der Waals surface area contributed by atoms with Crippen molar-refractivity contribution in [3.05, 3.63) is 81.4 Å². The Labute approximate surface area is 180 Å². The van der Waals surface area contributed by atoms with Gasteiger partial charge in [-0.25, -0.2) is 4.79 Å². The first-order valence-corrected chi connectivity index (χ1v) is 10.0. The second kappa shape index (κ2) is 9.07. The predicted molar refractivity (Wildman–Crippen MR) is 111 cm³/mol. The Morgan fingerprint density at radius 2 is 1.77 bits per heavy atom. The number of amides is 2. The Hall–Kier alpha value is -3.55. The maximum absolute atomic E-state index is 13.2. The minimum absolute atomic E-state index is 0.00381. The van der Waals surface area contributed by atoms with E-state index in [1.807, 2.05) is 6.92 Å². The molecule has 2 aromatic carbocycles. The smallest absolute Gasteiger partial charge is 0.386 e. The number of hydrogen-bond acceptors (Lipinski definition) is 6. The fraction of sp³-hybridized carbons (Fsp3) is 0.348. The van der Waals surface area contributed by atoms with Gasteiger partial charge in [-0.2, -0.15) is 0 Å². The fourth-order valence-electron chi connectivity index (χ4n) is 3.87. The number of esters is 1. The first kappa shape index (κ1) is 22.1. The molecule has 0 spiro atoms. The fourth-order valence-corrected chi connectivity index (χ4v) is 3.87. The van der Waals surface area contributed by atoms with Crippen molar-refractivity contribution in [2.24, 2.45) is 5.92 Å². The number of nitro groups is 1. The van der Waals surface area contributed by atoms with Crippen molar-refractivity contribution >= 4 is 17.8 Å². The monoisotopic (exact) mass is 424 g/mol. The maximum atomic E-state index is 13.2. The van der Waals surface area contributed by atoms with Crippen LogP contribution in [0.5, 0.6) is 0 Å². The normalized spacial score (nSPS) is 18.0. The van der Waals surface area contributed by atoms with E-state index >= 15 is 0 Å². The van der Waals surface area contributed by atoms with Gasteiger partial charge in [0.15, 0.2) is 0 Å². The van der Waals surface area contributed by atoms with E-state index in [9.17, 15) is 24.5 Å². The summed E-state index contributed by atoms with van der Waals surface area (Å²) < 4.78 is 5.05. The van der Waals surface area contributed by atoms with Crippen LogP contribution in [0, 0.1) is 23.0 Å². The van der Waals surface area contributed by atoms with E-state index in [-0.39, 0.29) is 19.6 Å². The number of carbonyl (C=O) groups is 3. The van der Waals surface area contributed by atoms with Crippen LogP contribution in [0.2, 0.25) is 0 Å². The summed E-state index contributed by atoms with van der Waals surface area (Å²) >= 11 is 0. The molecule has 31 heavy (non-hydrogen) atoms. The average Bonchev–Trinajstić information content (AvgIpc) is 3.02. The molecule has 1 fully saturated rings. The number of aryl methyl sites for hydroxylation is 1. The standard InChI is InChI=1S/C23H24N2O6/c1-3-31-22(28)23(25(29)30,14-17-11-9-16(2)10-12-17)19-13-20(26)24(21(19)27)15-18-7-5-4-6-8-18/h4-12,19H,3,13-15H2,1-2H3/t19-,23+/m1/s1. The van der Waals surface area contributed by atoms with Gasteiger partial charge in [0.1, 0.15) is 5.92 Å². The Kier molecular flexibility index (Phi) is 6.48. The molecule has 8 heteroatoms. The summed E-state index contributed by atoms with van der Waals surface area (Å²) in [6.45, 7) is 3.33. The molecule has 0 bridgehead atoms. The van der Waals surface area contributed by atoms with Gasteiger partial charge in [-0.1, -0.05) is 60.2 Å². The van der Waals surface area contributed by atoms with E-state index in [2.05, 4.69) is 0 Å². The zero-order chi connectivity index (χ0) is 22.6. The highest BCUT2D eigenvalue weighted by Gasteiger charge is 2.65. The number of nitrogens with zero attached hydrogens (tertiary/aromatic N) is 2. The van der Waals surface area contributed by atoms with Crippen molar-refractivity contribution in [3.8, 4) is 0 Å². The van der Waals surface area contributed by atoms with Gasteiger partial charge in [-0.15, -0.1) is 0 Å². The number of carbonyl (C=O) groups excluding carboxylic acids is 3. The second-order valence-electron chi connectivity index (χ2n) is 7.62. The largest absolute Gasteiger partial charge is 0.461 e. The van der Waals surface area contributed by atoms with Crippen LogP contribution in [0.25, 0.3) is 0 Å². The quantitative estimate of drug-likeness (QED) is 0.279. The highest BCUT2D eigenvalue weighted by molar-refractivity contribution is 6.06. The third-order valence-electron chi connectivity index (χ3n) is 5.55. The Morgan fingerprint density at radius 3 is 2.35 bits per heavy atom. The molecule has 1 saturated heterocycles. The van der Waals surface area contributed by atoms with Crippen molar-refractivity contribution in [2.75, 3.05) is 6.61 Å². The minimum Gasteiger partial charge on any atom is -0.461 e. The molecule has 1 heterocycles. The lowest BCUT2D eigenvalue weighted by molar-refractivity contribution is -0.562. The molecule has 0 unspecified atom stereocenters.